The predicted octanol–water partition coefficient (Wildman–Crippen LogP) is 13.8. The van der Waals surface area contributed by atoms with Crippen molar-refractivity contribution in [3.63, 3.8) is 0 Å². The van der Waals surface area contributed by atoms with E-state index in [-0.39, 0.29) is 52.5 Å². The van der Waals surface area contributed by atoms with Crippen LogP contribution in [0.2, 0.25) is 0 Å². The molecule has 3 atom stereocenters. The van der Waals surface area contributed by atoms with Gasteiger partial charge in [-0.2, -0.15) is 0 Å². The summed E-state index contributed by atoms with van der Waals surface area (Å²) in [5.74, 6) is 1.19. The zero-order valence-corrected chi connectivity index (χ0v) is 58.8. The van der Waals surface area contributed by atoms with Gasteiger partial charge in [0.25, 0.3) is 6.47 Å². The van der Waals surface area contributed by atoms with E-state index >= 15 is 0 Å². The van der Waals surface area contributed by atoms with Crippen molar-refractivity contribution in [1.82, 2.24) is 4.98 Å². The summed E-state index contributed by atoms with van der Waals surface area (Å²) in [6, 6.07) is 41.2. The first kappa shape index (κ1) is 69.7. The maximum Gasteiger partial charge on any atom is 0.306 e. The summed E-state index contributed by atoms with van der Waals surface area (Å²) in [6.45, 7) is 22.6. The standard InChI is InChI=1S/C27H35NO4S.C25H31BrN2O2.C21H26N2O2S.CH2O2/c1-19-14-21(16-22(15-19)33(5,30)31)28-12-10-27(11-13-28)18-20-8-6-7-9-23(20)24(27)17-25(29)32-26(2,3)4;1-17-13-19(26)14-22(27-17)28-11-9-25(10-12-28)16-18-7-5-6-8-20(18)21(25)15-23(29)30-24(2,3)4;1-15-11-17(13-18(12-15)26(2,24)25)23-9-7-21(8-10-23)14-16-5-3-4-6-19(16)20(21)22;2-1-3/h6-9,14-16,24H,10-13,17-18H2,1-5H3;5-8,13-14,21H,9-12,15-16H2,1-4H3;3-6,11-13,20H,7-10,14,22H2,1-2H3;1H,(H,2,3)/t24-;21-;20-;/m111./s1. The largest absolute Gasteiger partial charge is 0.483 e. The highest BCUT2D eigenvalue weighted by atomic mass is 79.9. The first-order valence-corrected chi connectivity index (χ1v) is 36.8. The molecule has 3 fully saturated rings. The highest BCUT2D eigenvalue weighted by Gasteiger charge is 2.51. The van der Waals surface area contributed by atoms with Gasteiger partial charge < -0.3 is 35.0 Å². The fourth-order valence-corrected chi connectivity index (χ4v) is 17.5. The van der Waals surface area contributed by atoms with Gasteiger partial charge in [-0.3, -0.25) is 14.4 Å². The Morgan fingerprint density at radius 2 is 0.913 bits per heavy atom. The summed E-state index contributed by atoms with van der Waals surface area (Å²) in [5.41, 5.74) is 19.0. The summed E-state index contributed by atoms with van der Waals surface area (Å²) >= 11 is 3.60. The molecule has 3 N–H and O–H groups in total. The van der Waals surface area contributed by atoms with Crippen LogP contribution in [0.4, 0.5) is 17.2 Å². The average molecular weight is 1360 g/mol. The Kier molecular flexibility index (Phi) is 21.0. The third kappa shape index (κ3) is 16.5. The molecule has 15 nitrogen and oxygen atoms in total. The molecule has 5 aromatic carbocycles. The number of esters is 2. The van der Waals surface area contributed by atoms with E-state index in [9.17, 15) is 26.4 Å². The molecule has 0 bridgehead atoms. The van der Waals surface area contributed by atoms with Crippen LogP contribution in [0.5, 0.6) is 0 Å². The molecule has 494 valence electrons. The van der Waals surface area contributed by atoms with E-state index < -0.39 is 30.9 Å². The van der Waals surface area contributed by atoms with Crippen molar-refractivity contribution in [2.45, 2.75) is 172 Å². The van der Waals surface area contributed by atoms with Crippen LogP contribution < -0.4 is 20.4 Å². The van der Waals surface area contributed by atoms with Gasteiger partial charge in [-0.05, 0) is 229 Å². The van der Waals surface area contributed by atoms with Crippen LogP contribution in [0.15, 0.2) is 136 Å². The Morgan fingerprint density at radius 1 is 0.565 bits per heavy atom. The SMILES string of the molecule is Cc1cc(Br)cc(N2CCC3(CC2)Cc2ccccc2[C@H]3CC(=O)OC(C)(C)C)n1.Cc1cc(N2CCC3(CC2)Cc2ccccc2[C@H]3CC(=O)OC(C)(C)C)cc(S(C)(=O)=O)c1.Cc1cc(N2CCC3(CC2)Cc2ccccc2[C@H]3N)cc(S(C)(=O)=O)c1.O=CO. The Bertz CT molecular complexity index is 3870. The molecule has 0 amide bonds. The Labute approximate surface area is 554 Å². The number of benzene rings is 5. The number of rotatable bonds is 9. The Morgan fingerprint density at radius 3 is 1.28 bits per heavy atom. The van der Waals surface area contributed by atoms with Crippen LogP contribution in [-0.2, 0) is 62.8 Å². The van der Waals surface area contributed by atoms with Crippen LogP contribution in [-0.4, -0.2) is 108 Å². The number of halogens is 1. The van der Waals surface area contributed by atoms with Gasteiger partial charge in [-0.15, -0.1) is 0 Å². The minimum absolute atomic E-state index is 0.0284. The predicted molar refractivity (Wildman–Crippen MR) is 369 cm³/mol. The molecule has 4 heterocycles. The molecule has 3 saturated heterocycles. The number of hydrogen-bond donors (Lipinski definition) is 2. The molecule has 92 heavy (non-hydrogen) atoms. The van der Waals surface area contributed by atoms with E-state index in [4.69, 9.17) is 30.1 Å². The van der Waals surface area contributed by atoms with Crippen LogP contribution in [0.25, 0.3) is 0 Å². The number of carboxylic acid groups (broad SMARTS) is 1. The van der Waals surface area contributed by atoms with Crippen LogP contribution in [0, 0.1) is 37.0 Å². The van der Waals surface area contributed by atoms with Crippen molar-refractivity contribution >= 4 is 71.2 Å². The van der Waals surface area contributed by atoms with Crippen LogP contribution in [0.1, 0.15) is 161 Å². The molecular weight excluding hydrogens is 1260 g/mol. The summed E-state index contributed by atoms with van der Waals surface area (Å²) < 4.78 is 60.6. The summed E-state index contributed by atoms with van der Waals surface area (Å²) in [4.78, 5) is 46.4. The van der Waals surface area contributed by atoms with Crippen molar-refractivity contribution in [2.24, 2.45) is 22.0 Å². The van der Waals surface area contributed by atoms with Crippen molar-refractivity contribution in [3.8, 4) is 0 Å². The van der Waals surface area contributed by atoms with Crippen molar-refractivity contribution < 1.29 is 45.8 Å². The lowest BCUT2D eigenvalue weighted by atomic mass is 9.68. The van der Waals surface area contributed by atoms with Crippen LogP contribution >= 0.6 is 15.9 Å². The number of aromatic nitrogens is 1. The second-order valence-corrected chi connectivity index (χ2v) is 33.7. The van der Waals surface area contributed by atoms with E-state index in [1.807, 2.05) is 74.4 Å². The molecule has 18 heteroatoms. The monoisotopic (exact) mass is 1360 g/mol. The van der Waals surface area contributed by atoms with Gasteiger partial charge in [-0.25, -0.2) is 21.8 Å². The minimum Gasteiger partial charge on any atom is -0.483 e. The molecule has 0 radical (unpaired) electrons. The molecule has 3 aliphatic heterocycles. The number of ether oxygens (including phenoxy) is 2. The molecule has 1 aromatic heterocycles. The molecule has 12 rings (SSSR count). The normalized spacial score (nSPS) is 20.1. The number of carbonyl (C=O) groups excluding carboxylic acids is 2. The number of nitrogens with two attached hydrogens (primary N) is 1. The van der Waals surface area contributed by atoms with E-state index in [0.717, 1.165) is 136 Å². The van der Waals surface area contributed by atoms with E-state index in [1.165, 1.54) is 45.9 Å². The molecule has 3 aliphatic carbocycles. The zero-order chi connectivity index (χ0) is 66.8. The van der Waals surface area contributed by atoms with E-state index in [2.05, 4.69) is 122 Å². The lowest BCUT2D eigenvalue weighted by Crippen LogP contribution is -2.44. The minimum atomic E-state index is -3.26. The first-order valence-electron chi connectivity index (χ1n) is 32.2. The van der Waals surface area contributed by atoms with Crippen molar-refractivity contribution in [3.05, 3.63) is 176 Å². The van der Waals surface area contributed by atoms with Gasteiger partial charge in [0.15, 0.2) is 19.7 Å². The Balaban J connectivity index is 0.000000160. The lowest BCUT2D eigenvalue weighted by Gasteiger charge is -2.44. The van der Waals surface area contributed by atoms with Gasteiger partial charge in [0.05, 0.1) is 22.6 Å². The van der Waals surface area contributed by atoms with Crippen molar-refractivity contribution in [2.75, 3.05) is 66.5 Å². The van der Waals surface area contributed by atoms with Crippen LogP contribution in [0.3, 0.4) is 0 Å². The molecule has 6 aliphatic rings. The number of hydrogen-bond acceptors (Lipinski definition) is 14. The maximum absolute atomic E-state index is 12.8. The van der Waals surface area contributed by atoms with Gasteiger partial charge >= 0.3 is 11.9 Å². The summed E-state index contributed by atoms with van der Waals surface area (Å²) in [7, 11) is -6.46. The lowest BCUT2D eigenvalue weighted by molar-refractivity contribution is -0.157. The summed E-state index contributed by atoms with van der Waals surface area (Å²) in [6.07, 6.45) is 12.6. The number of fused-ring (bicyclic) bond motifs is 3. The summed E-state index contributed by atoms with van der Waals surface area (Å²) in [5, 5.41) is 6.89. The Hall–Kier alpha value is -6.60. The van der Waals surface area contributed by atoms with Gasteiger partial charge in [0.2, 0.25) is 0 Å². The number of nitrogens with zero attached hydrogens (tertiary/aromatic N) is 4. The van der Waals surface area contributed by atoms with Gasteiger partial charge in [0.1, 0.15) is 17.0 Å². The number of carbonyl (C=O) groups is 3. The second-order valence-electron chi connectivity index (χ2n) is 28.8. The van der Waals surface area contributed by atoms with E-state index in [1.54, 1.807) is 18.2 Å². The van der Waals surface area contributed by atoms with Gasteiger partial charge in [-0.1, -0.05) is 88.7 Å². The first-order chi connectivity index (χ1) is 43.2. The highest BCUT2D eigenvalue weighted by molar-refractivity contribution is 9.10. The topological polar surface area (TPSA) is 207 Å². The second kappa shape index (κ2) is 27.8. The highest BCUT2D eigenvalue weighted by Crippen LogP contribution is 2.57. The molecule has 0 saturated carbocycles. The quantitative estimate of drug-likeness (QED) is 0.102. The number of sulfone groups is 2. The molecule has 6 aromatic rings. The number of pyridine rings is 1. The third-order valence-corrected chi connectivity index (χ3v) is 22.4. The smallest absolute Gasteiger partial charge is 0.306 e. The van der Waals surface area contributed by atoms with Gasteiger partial charge in [0, 0.05) is 91.2 Å². The maximum atomic E-state index is 12.8. The number of anilines is 3. The zero-order valence-electron chi connectivity index (χ0n) is 55.6. The van der Waals surface area contributed by atoms with E-state index in [0.29, 0.717) is 22.6 Å². The average Bonchev–Trinajstić information content (AvgIpc) is 1.76. The fourth-order valence-electron chi connectivity index (χ4n) is 15.5. The number of aryl methyl sites for hydroxylation is 3. The fraction of sp³-hybridized carbons (Fsp3) is 0.486. The molecule has 0 unspecified atom stereocenters. The third-order valence-electron chi connectivity index (χ3n) is 19.8. The number of piperidine rings is 3. The molecular formula is C74H94BrN5O10S2. The molecule has 3 spiro atoms. The van der Waals surface area contributed by atoms with Crippen molar-refractivity contribution in [1.29, 1.82) is 0 Å².